The molecule has 0 aliphatic rings. The molecule has 0 aliphatic heterocycles. The smallest absolute Gasteiger partial charge is 0.379 e. The van der Waals surface area contributed by atoms with Crippen LogP contribution in [0, 0.1) is 0 Å². The quantitative estimate of drug-likeness (QED) is 0.430. The third-order valence-corrected chi connectivity index (χ3v) is 2.96. The second-order valence-electron chi connectivity index (χ2n) is 4.50. The van der Waals surface area contributed by atoms with Gasteiger partial charge in [0.1, 0.15) is 0 Å². The van der Waals surface area contributed by atoms with Crippen molar-refractivity contribution in [2.24, 2.45) is 0 Å². The van der Waals surface area contributed by atoms with Crippen LogP contribution in [0.5, 0.6) is 0 Å². The van der Waals surface area contributed by atoms with Crippen LogP contribution in [0.2, 0.25) is 0 Å². The van der Waals surface area contributed by atoms with E-state index >= 15 is 0 Å². The van der Waals surface area contributed by atoms with Crippen LogP contribution in [0.25, 0.3) is 0 Å². The molecule has 0 amide bonds. The Morgan fingerprint density at radius 2 is 1.53 bits per heavy atom. The predicted molar refractivity (Wildman–Crippen MR) is 75.4 cm³/mol. The minimum atomic E-state index is -0.747. The van der Waals surface area contributed by atoms with Crippen LogP contribution in [0.1, 0.15) is 55.1 Å². The molecule has 0 fully saturated rings. The van der Waals surface area contributed by atoms with E-state index in [0.717, 1.165) is 36.8 Å². The zero-order chi connectivity index (χ0) is 14.3. The molecule has 1 aromatic carbocycles. The van der Waals surface area contributed by atoms with E-state index in [2.05, 4.69) is 13.8 Å². The topological polar surface area (TPSA) is 43.4 Å². The maximum Gasteiger partial charge on any atom is 0.379 e. The normalized spacial score (nSPS) is 10.3. The number of hydrogen-bond acceptors (Lipinski definition) is 3. The summed E-state index contributed by atoms with van der Waals surface area (Å²) < 4.78 is 4.84. The minimum Gasteiger partial charge on any atom is -0.460 e. The van der Waals surface area contributed by atoms with Gasteiger partial charge in [-0.1, -0.05) is 44.9 Å². The van der Waals surface area contributed by atoms with Gasteiger partial charge in [0.25, 0.3) is 5.78 Å². The Morgan fingerprint density at radius 1 is 1.00 bits per heavy atom. The van der Waals surface area contributed by atoms with Gasteiger partial charge in [-0.3, -0.25) is 4.79 Å². The SMILES string of the molecule is CCCc1cccc(CCC)c1C(=O)C(=O)OCC. The molecular weight excluding hydrogens is 240 g/mol. The summed E-state index contributed by atoms with van der Waals surface area (Å²) in [7, 11) is 0. The summed E-state index contributed by atoms with van der Waals surface area (Å²) in [5.41, 5.74) is 2.46. The molecule has 1 rings (SSSR count). The molecule has 0 spiro atoms. The van der Waals surface area contributed by atoms with Crippen molar-refractivity contribution in [1.29, 1.82) is 0 Å². The monoisotopic (exact) mass is 262 g/mol. The van der Waals surface area contributed by atoms with E-state index < -0.39 is 11.8 Å². The Morgan fingerprint density at radius 3 is 1.95 bits per heavy atom. The van der Waals surface area contributed by atoms with Crippen molar-refractivity contribution in [1.82, 2.24) is 0 Å². The molecule has 0 aliphatic carbocycles. The van der Waals surface area contributed by atoms with Crippen LogP contribution in [-0.4, -0.2) is 18.4 Å². The van der Waals surface area contributed by atoms with Gasteiger partial charge in [-0.05, 0) is 30.9 Å². The number of ketones is 1. The third-order valence-electron chi connectivity index (χ3n) is 2.96. The molecule has 104 valence electrons. The Bertz CT molecular complexity index is 425. The van der Waals surface area contributed by atoms with Gasteiger partial charge in [0, 0.05) is 5.56 Å². The Kier molecular flexibility index (Phi) is 6.26. The maximum atomic E-state index is 12.3. The number of Topliss-reactive ketones (excluding diaryl/α,β-unsaturated/α-hetero) is 1. The van der Waals surface area contributed by atoms with E-state index in [4.69, 9.17) is 4.74 Å². The second kappa shape index (κ2) is 7.72. The predicted octanol–water partition coefficient (Wildman–Crippen LogP) is 3.34. The van der Waals surface area contributed by atoms with Crippen LogP contribution >= 0.6 is 0 Å². The molecule has 0 saturated carbocycles. The number of carbonyl (C=O) groups is 2. The van der Waals surface area contributed by atoms with Crippen LogP contribution in [0.4, 0.5) is 0 Å². The molecule has 0 heterocycles. The lowest BCUT2D eigenvalue weighted by atomic mass is 9.92. The molecule has 19 heavy (non-hydrogen) atoms. The highest BCUT2D eigenvalue weighted by molar-refractivity contribution is 6.41. The molecule has 0 aromatic heterocycles. The van der Waals surface area contributed by atoms with Crippen molar-refractivity contribution >= 4 is 11.8 Å². The lowest BCUT2D eigenvalue weighted by Crippen LogP contribution is -2.21. The molecule has 0 N–H and O–H groups in total. The molecule has 3 heteroatoms. The van der Waals surface area contributed by atoms with E-state index in [0.29, 0.717) is 5.56 Å². The average molecular weight is 262 g/mol. The summed E-state index contributed by atoms with van der Waals surface area (Å²) in [6, 6.07) is 5.81. The largest absolute Gasteiger partial charge is 0.460 e. The van der Waals surface area contributed by atoms with Crippen LogP contribution in [-0.2, 0) is 22.4 Å². The number of ether oxygens (including phenoxy) is 1. The first kappa shape index (κ1) is 15.4. The molecule has 0 radical (unpaired) electrons. The van der Waals surface area contributed by atoms with Crippen molar-refractivity contribution in [3.05, 3.63) is 34.9 Å². The Labute approximate surface area is 115 Å². The van der Waals surface area contributed by atoms with Gasteiger partial charge < -0.3 is 4.74 Å². The standard InChI is InChI=1S/C16H22O3/c1-4-8-12-10-7-11-13(9-5-2)14(12)15(17)16(18)19-6-3/h7,10-11H,4-6,8-9H2,1-3H3. The number of carbonyl (C=O) groups excluding carboxylic acids is 2. The van der Waals surface area contributed by atoms with E-state index in [1.54, 1.807) is 6.92 Å². The van der Waals surface area contributed by atoms with E-state index in [1.807, 2.05) is 18.2 Å². The highest BCUT2D eigenvalue weighted by Crippen LogP contribution is 2.19. The highest BCUT2D eigenvalue weighted by atomic mass is 16.5. The maximum absolute atomic E-state index is 12.3. The van der Waals surface area contributed by atoms with Gasteiger partial charge in [-0.25, -0.2) is 4.79 Å². The molecule has 3 nitrogen and oxygen atoms in total. The number of rotatable bonds is 7. The summed E-state index contributed by atoms with van der Waals surface area (Å²) in [6.45, 7) is 6.05. The molecule has 0 unspecified atom stereocenters. The summed E-state index contributed by atoms with van der Waals surface area (Å²) in [4.78, 5) is 23.9. The zero-order valence-corrected chi connectivity index (χ0v) is 12.0. The fourth-order valence-corrected chi connectivity index (χ4v) is 2.20. The summed E-state index contributed by atoms with van der Waals surface area (Å²) >= 11 is 0. The van der Waals surface area contributed by atoms with Crippen molar-refractivity contribution in [2.45, 2.75) is 46.5 Å². The molecule has 1 aromatic rings. The van der Waals surface area contributed by atoms with Crippen molar-refractivity contribution in [2.75, 3.05) is 6.61 Å². The molecule has 0 saturated heterocycles. The van der Waals surface area contributed by atoms with Gasteiger partial charge in [0.2, 0.25) is 0 Å². The van der Waals surface area contributed by atoms with Crippen molar-refractivity contribution in [3.8, 4) is 0 Å². The Hall–Kier alpha value is -1.64. The summed E-state index contributed by atoms with van der Waals surface area (Å²) in [5, 5.41) is 0. The van der Waals surface area contributed by atoms with E-state index in [1.165, 1.54) is 0 Å². The number of benzene rings is 1. The van der Waals surface area contributed by atoms with Gasteiger partial charge in [0.15, 0.2) is 0 Å². The van der Waals surface area contributed by atoms with Crippen molar-refractivity contribution < 1.29 is 14.3 Å². The summed E-state index contributed by atoms with van der Waals surface area (Å²) in [5.74, 6) is -1.25. The fourth-order valence-electron chi connectivity index (χ4n) is 2.20. The van der Waals surface area contributed by atoms with Crippen LogP contribution in [0.3, 0.4) is 0 Å². The minimum absolute atomic E-state index is 0.226. The van der Waals surface area contributed by atoms with Crippen molar-refractivity contribution in [3.63, 3.8) is 0 Å². The van der Waals surface area contributed by atoms with Crippen LogP contribution < -0.4 is 0 Å². The van der Waals surface area contributed by atoms with Gasteiger partial charge in [-0.15, -0.1) is 0 Å². The fraction of sp³-hybridized carbons (Fsp3) is 0.500. The zero-order valence-electron chi connectivity index (χ0n) is 12.0. The average Bonchev–Trinajstić information content (AvgIpc) is 2.39. The first-order valence-electron chi connectivity index (χ1n) is 6.97. The number of esters is 1. The number of hydrogen-bond donors (Lipinski definition) is 0. The lowest BCUT2D eigenvalue weighted by molar-refractivity contribution is -0.137. The van der Waals surface area contributed by atoms with E-state index in [9.17, 15) is 9.59 Å². The van der Waals surface area contributed by atoms with Gasteiger partial charge in [-0.2, -0.15) is 0 Å². The number of aryl methyl sites for hydroxylation is 2. The Balaban J connectivity index is 3.19. The van der Waals surface area contributed by atoms with Crippen LogP contribution in [0.15, 0.2) is 18.2 Å². The molecule has 0 atom stereocenters. The first-order chi connectivity index (χ1) is 9.15. The molecule has 0 bridgehead atoms. The third kappa shape index (κ3) is 3.91. The van der Waals surface area contributed by atoms with Gasteiger partial charge >= 0.3 is 5.97 Å². The van der Waals surface area contributed by atoms with Gasteiger partial charge in [0.05, 0.1) is 6.61 Å². The second-order valence-corrected chi connectivity index (χ2v) is 4.50. The highest BCUT2D eigenvalue weighted by Gasteiger charge is 2.23. The summed E-state index contributed by atoms with van der Waals surface area (Å²) in [6.07, 6.45) is 3.49. The molecular formula is C16H22O3. The first-order valence-corrected chi connectivity index (χ1v) is 6.97. The van der Waals surface area contributed by atoms with E-state index in [-0.39, 0.29) is 6.61 Å². The lowest BCUT2D eigenvalue weighted by Gasteiger charge is -2.12.